The molecule has 0 bridgehead atoms. The maximum atomic E-state index is 12.9. The van der Waals surface area contributed by atoms with Crippen LogP contribution in [-0.4, -0.2) is 23.7 Å². The van der Waals surface area contributed by atoms with Crippen molar-refractivity contribution in [2.24, 2.45) is 5.84 Å². The lowest BCUT2D eigenvalue weighted by molar-refractivity contribution is 0.401. The first-order chi connectivity index (χ1) is 10.1. The fourth-order valence-electron chi connectivity index (χ4n) is 2.16. The maximum Gasteiger partial charge on any atom is 0.247 e. The van der Waals surface area contributed by atoms with Crippen LogP contribution in [0.5, 0.6) is 0 Å². The van der Waals surface area contributed by atoms with E-state index in [9.17, 15) is 8.42 Å². The number of nitrogens with two attached hydrogens (primary N) is 1. The summed E-state index contributed by atoms with van der Waals surface area (Å²) in [7, 11) is -3.62. The van der Waals surface area contributed by atoms with Gasteiger partial charge in [0, 0.05) is 23.7 Å². The van der Waals surface area contributed by atoms with E-state index in [1.807, 2.05) is 17.5 Å². The Labute approximate surface area is 127 Å². The molecule has 0 amide bonds. The number of nitrogens with zero attached hydrogens (tertiary/aromatic N) is 2. The third-order valence-electron chi connectivity index (χ3n) is 3.34. The van der Waals surface area contributed by atoms with Gasteiger partial charge in [-0.2, -0.15) is 4.31 Å². The Hall–Kier alpha value is -1.48. The van der Waals surface area contributed by atoms with Gasteiger partial charge in [0.05, 0.1) is 0 Å². The lowest BCUT2D eigenvalue weighted by Crippen LogP contribution is -2.33. The van der Waals surface area contributed by atoms with E-state index >= 15 is 0 Å². The van der Waals surface area contributed by atoms with Crippen molar-refractivity contribution >= 4 is 27.2 Å². The first kappa shape index (κ1) is 14.5. The molecule has 6 nitrogen and oxygen atoms in total. The van der Waals surface area contributed by atoms with Gasteiger partial charge in [-0.15, -0.1) is 11.3 Å². The number of hydrazine groups is 1. The third kappa shape index (κ3) is 2.93. The standard InChI is InChI=1S/C13H16N4O2S2/c14-16-13-12(4-1-7-15-13)21(18,19)17(10-5-6-10)9-11-3-2-8-20-11/h1-4,7-8,10H,5-6,9,14H2,(H,15,16). The fourth-order valence-corrected chi connectivity index (χ4v) is 4.72. The molecule has 0 aromatic carbocycles. The molecule has 1 saturated carbocycles. The number of hydrogen-bond acceptors (Lipinski definition) is 6. The highest BCUT2D eigenvalue weighted by Gasteiger charge is 2.39. The molecule has 112 valence electrons. The zero-order chi connectivity index (χ0) is 14.9. The van der Waals surface area contributed by atoms with Gasteiger partial charge in [-0.3, -0.25) is 0 Å². The second-order valence-corrected chi connectivity index (χ2v) is 7.75. The summed E-state index contributed by atoms with van der Waals surface area (Å²) in [5.74, 6) is 5.56. The number of rotatable bonds is 6. The van der Waals surface area contributed by atoms with Crippen LogP contribution in [-0.2, 0) is 16.6 Å². The van der Waals surface area contributed by atoms with E-state index in [1.165, 1.54) is 12.3 Å². The third-order valence-corrected chi connectivity index (χ3v) is 6.13. The molecule has 21 heavy (non-hydrogen) atoms. The number of pyridine rings is 1. The highest BCUT2D eigenvalue weighted by Crippen LogP contribution is 2.35. The van der Waals surface area contributed by atoms with Gasteiger partial charge in [0.2, 0.25) is 10.0 Å². The molecule has 3 N–H and O–H groups in total. The largest absolute Gasteiger partial charge is 0.307 e. The first-order valence-corrected chi connectivity index (χ1v) is 8.91. The SMILES string of the molecule is NNc1ncccc1S(=O)(=O)N(Cc1cccs1)C1CC1. The maximum absolute atomic E-state index is 12.9. The summed E-state index contributed by atoms with van der Waals surface area (Å²) >= 11 is 1.56. The topological polar surface area (TPSA) is 88.3 Å². The Morgan fingerprint density at radius 2 is 2.19 bits per heavy atom. The molecular weight excluding hydrogens is 308 g/mol. The highest BCUT2D eigenvalue weighted by molar-refractivity contribution is 7.89. The van der Waals surface area contributed by atoms with E-state index in [0.717, 1.165) is 17.7 Å². The van der Waals surface area contributed by atoms with E-state index in [2.05, 4.69) is 10.4 Å². The average molecular weight is 324 g/mol. The van der Waals surface area contributed by atoms with Crippen LogP contribution in [0.2, 0.25) is 0 Å². The summed E-state index contributed by atoms with van der Waals surface area (Å²) in [5, 5.41) is 1.95. The van der Waals surface area contributed by atoms with Gasteiger partial charge in [-0.1, -0.05) is 6.07 Å². The van der Waals surface area contributed by atoms with Crippen molar-refractivity contribution in [1.29, 1.82) is 0 Å². The summed E-state index contributed by atoms with van der Waals surface area (Å²) in [5.41, 5.74) is 2.36. The van der Waals surface area contributed by atoms with Gasteiger partial charge in [0.25, 0.3) is 0 Å². The smallest absolute Gasteiger partial charge is 0.247 e. The molecule has 0 unspecified atom stereocenters. The van der Waals surface area contributed by atoms with E-state index in [1.54, 1.807) is 21.7 Å². The number of nitrogens with one attached hydrogen (secondary N) is 1. The molecule has 0 aliphatic heterocycles. The summed E-state index contributed by atoms with van der Waals surface area (Å²) in [6.07, 6.45) is 3.31. The summed E-state index contributed by atoms with van der Waals surface area (Å²) < 4.78 is 27.4. The fraction of sp³-hybridized carbons (Fsp3) is 0.308. The van der Waals surface area contributed by atoms with E-state index in [0.29, 0.717) is 6.54 Å². The molecule has 0 radical (unpaired) electrons. The monoisotopic (exact) mass is 324 g/mol. The van der Waals surface area contributed by atoms with Gasteiger partial charge in [0.1, 0.15) is 4.90 Å². The molecule has 0 spiro atoms. The van der Waals surface area contributed by atoms with Crippen LogP contribution in [0.1, 0.15) is 17.7 Å². The second-order valence-electron chi connectivity index (χ2n) is 4.86. The van der Waals surface area contributed by atoms with Gasteiger partial charge in [-0.25, -0.2) is 19.2 Å². The molecule has 2 aromatic rings. The molecule has 3 rings (SSSR count). The van der Waals surface area contributed by atoms with Gasteiger partial charge in [-0.05, 0) is 36.4 Å². The second kappa shape index (κ2) is 5.72. The van der Waals surface area contributed by atoms with Crippen LogP contribution >= 0.6 is 11.3 Å². The van der Waals surface area contributed by atoms with Crippen molar-refractivity contribution in [3.05, 3.63) is 40.7 Å². The Morgan fingerprint density at radius 3 is 2.81 bits per heavy atom. The Bertz CT molecular complexity index is 712. The molecular formula is C13H16N4O2S2. The summed E-state index contributed by atoms with van der Waals surface area (Å²) in [4.78, 5) is 5.13. The normalized spacial score (nSPS) is 15.3. The quantitative estimate of drug-likeness (QED) is 0.624. The molecule has 0 saturated heterocycles. The first-order valence-electron chi connectivity index (χ1n) is 6.59. The van der Waals surface area contributed by atoms with Gasteiger partial charge < -0.3 is 5.43 Å². The number of nitrogen functional groups attached to an aromatic ring is 1. The number of anilines is 1. The van der Waals surface area contributed by atoms with Gasteiger partial charge in [0.15, 0.2) is 5.82 Å². The van der Waals surface area contributed by atoms with E-state index < -0.39 is 10.0 Å². The zero-order valence-electron chi connectivity index (χ0n) is 11.3. The van der Waals surface area contributed by atoms with Crippen LogP contribution in [0.4, 0.5) is 5.82 Å². The molecule has 0 atom stereocenters. The molecule has 1 fully saturated rings. The van der Waals surface area contributed by atoms with Crippen molar-refractivity contribution < 1.29 is 8.42 Å². The minimum atomic E-state index is -3.62. The number of sulfonamides is 1. The minimum Gasteiger partial charge on any atom is -0.307 e. The van der Waals surface area contributed by atoms with E-state index in [-0.39, 0.29) is 16.8 Å². The molecule has 2 aromatic heterocycles. The van der Waals surface area contributed by atoms with Crippen molar-refractivity contribution in [3.63, 3.8) is 0 Å². The predicted molar refractivity (Wildman–Crippen MR) is 82.1 cm³/mol. The van der Waals surface area contributed by atoms with E-state index in [4.69, 9.17) is 5.84 Å². The van der Waals surface area contributed by atoms with Crippen LogP contribution in [0, 0.1) is 0 Å². The number of hydrogen-bond donors (Lipinski definition) is 2. The lowest BCUT2D eigenvalue weighted by Gasteiger charge is -2.22. The van der Waals surface area contributed by atoms with Crippen molar-refractivity contribution in [2.45, 2.75) is 30.3 Å². The summed E-state index contributed by atoms with van der Waals surface area (Å²) in [6, 6.07) is 7.07. The number of thiophene rings is 1. The molecule has 1 aliphatic carbocycles. The van der Waals surface area contributed by atoms with Crippen LogP contribution in [0.15, 0.2) is 40.7 Å². The number of aromatic nitrogens is 1. The lowest BCUT2D eigenvalue weighted by atomic mass is 10.4. The molecule has 8 heteroatoms. The Morgan fingerprint density at radius 1 is 1.38 bits per heavy atom. The Kier molecular flexibility index (Phi) is 3.94. The van der Waals surface area contributed by atoms with Crippen molar-refractivity contribution in [3.8, 4) is 0 Å². The highest BCUT2D eigenvalue weighted by atomic mass is 32.2. The van der Waals surface area contributed by atoms with Crippen LogP contribution < -0.4 is 11.3 Å². The Balaban J connectivity index is 1.97. The van der Waals surface area contributed by atoms with Crippen LogP contribution in [0.25, 0.3) is 0 Å². The average Bonchev–Trinajstić information content (AvgIpc) is 3.20. The van der Waals surface area contributed by atoms with Crippen molar-refractivity contribution in [2.75, 3.05) is 5.43 Å². The minimum absolute atomic E-state index is 0.0722. The zero-order valence-corrected chi connectivity index (χ0v) is 12.9. The van der Waals surface area contributed by atoms with Crippen molar-refractivity contribution in [1.82, 2.24) is 9.29 Å². The summed E-state index contributed by atoms with van der Waals surface area (Å²) in [6.45, 7) is 0.392. The predicted octanol–water partition coefficient (Wildman–Crippen LogP) is 1.78. The van der Waals surface area contributed by atoms with Crippen LogP contribution in [0.3, 0.4) is 0 Å². The van der Waals surface area contributed by atoms with Gasteiger partial charge >= 0.3 is 0 Å². The molecule has 2 heterocycles. The molecule has 1 aliphatic rings.